The monoisotopic (exact) mass is 340 g/mol. The van der Waals surface area contributed by atoms with Crippen molar-refractivity contribution in [1.29, 1.82) is 0 Å². The Bertz CT molecular complexity index is 878. The molecule has 1 atom stereocenters. The summed E-state index contributed by atoms with van der Waals surface area (Å²) in [6.45, 7) is 1.79. The maximum Gasteiger partial charge on any atom is 0.220 e. The number of carbonyl (C=O) groups excluding carboxylic acids is 1. The van der Waals surface area contributed by atoms with Crippen LogP contribution in [0.15, 0.2) is 54.7 Å². The Morgan fingerprint density at radius 1 is 1.21 bits per heavy atom. The van der Waals surface area contributed by atoms with Crippen LogP contribution < -0.4 is 5.32 Å². The quantitative estimate of drug-likeness (QED) is 0.747. The van der Waals surface area contributed by atoms with E-state index < -0.39 is 6.04 Å². The van der Waals surface area contributed by atoms with Gasteiger partial charge in [-0.2, -0.15) is 0 Å². The molecule has 0 aliphatic carbocycles. The normalized spacial score (nSPS) is 12.1. The lowest BCUT2D eigenvalue weighted by molar-refractivity contribution is -0.121. The lowest BCUT2D eigenvalue weighted by Gasteiger charge is -2.21. The van der Waals surface area contributed by atoms with Crippen molar-refractivity contribution in [2.45, 2.75) is 19.4 Å². The molecule has 2 N–H and O–H groups in total. The second kappa shape index (κ2) is 6.89. The highest BCUT2D eigenvalue weighted by molar-refractivity contribution is 6.30. The van der Waals surface area contributed by atoms with Crippen LogP contribution in [-0.4, -0.2) is 16.0 Å². The fraction of sp³-hybridized carbons (Fsp3) is 0.158. The fourth-order valence-corrected chi connectivity index (χ4v) is 2.76. The van der Waals surface area contributed by atoms with Gasteiger partial charge >= 0.3 is 0 Å². The van der Waals surface area contributed by atoms with Gasteiger partial charge in [0.05, 0.1) is 6.04 Å². The van der Waals surface area contributed by atoms with E-state index in [4.69, 9.17) is 11.6 Å². The highest BCUT2D eigenvalue weighted by Crippen LogP contribution is 2.34. The molecule has 0 radical (unpaired) electrons. The molecule has 0 bridgehead atoms. The van der Waals surface area contributed by atoms with Crippen molar-refractivity contribution in [2.24, 2.45) is 0 Å². The minimum absolute atomic E-state index is 0.0736. The Labute approximate surface area is 145 Å². The number of halogens is 1. The molecule has 1 heterocycles. The minimum atomic E-state index is -0.471. The molecule has 2 aromatic carbocycles. The number of phenolic OH excluding ortho intramolecular Hbond substituents is 1. The van der Waals surface area contributed by atoms with Crippen LogP contribution in [-0.2, 0) is 4.79 Å². The number of fused-ring (bicyclic) bond motifs is 1. The summed E-state index contributed by atoms with van der Waals surface area (Å²) in [4.78, 5) is 16.2. The van der Waals surface area contributed by atoms with Gasteiger partial charge in [-0.3, -0.25) is 9.78 Å². The molecule has 0 aliphatic heterocycles. The first-order chi connectivity index (χ1) is 11.6. The molecule has 0 saturated carbocycles. The van der Waals surface area contributed by atoms with E-state index in [9.17, 15) is 9.90 Å². The van der Waals surface area contributed by atoms with Gasteiger partial charge in [-0.15, -0.1) is 0 Å². The number of benzene rings is 2. The molecular weight excluding hydrogens is 324 g/mol. The predicted molar refractivity (Wildman–Crippen MR) is 95.1 cm³/mol. The zero-order valence-electron chi connectivity index (χ0n) is 13.2. The Morgan fingerprint density at radius 2 is 1.96 bits per heavy atom. The van der Waals surface area contributed by atoms with Crippen LogP contribution in [0.1, 0.15) is 30.5 Å². The molecule has 1 amide bonds. The lowest BCUT2D eigenvalue weighted by atomic mass is 9.96. The SMILES string of the molecule is CCC(=O)N[C@@H](c1ccc(Cl)cc1)c1ccc2cccnc2c1O. The van der Waals surface area contributed by atoms with E-state index in [2.05, 4.69) is 10.3 Å². The molecule has 3 rings (SSSR count). The number of hydrogen-bond acceptors (Lipinski definition) is 3. The van der Waals surface area contributed by atoms with Crippen molar-refractivity contribution in [3.05, 3.63) is 70.9 Å². The molecule has 3 aromatic rings. The molecule has 24 heavy (non-hydrogen) atoms. The second-order valence-electron chi connectivity index (χ2n) is 5.48. The molecule has 1 aromatic heterocycles. The number of pyridine rings is 1. The Kier molecular flexibility index (Phi) is 4.67. The number of aromatic hydroxyl groups is 1. The van der Waals surface area contributed by atoms with Crippen molar-refractivity contribution >= 4 is 28.4 Å². The van der Waals surface area contributed by atoms with E-state index in [1.165, 1.54) is 0 Å². The van der Waals surface area contributed by atoms with Crippen LogP contribution in [0.25, 0.3) is 10.9 Å². The number of aromatic nitrogens is 1. The van der Waals surface area contributed by atoms with Crippen LogP contribution in [0, 0.1) is 0 Å². The molecular formula is C19H17ClN2O2. The summed E-state index contributed by atoms with van der Waals surface area (Å²) >= 11 is 5.96. The number of phenols is 1. The van der Waals surface area contributed by atoms with Crippen LogP contribution in [0.2, 0.25) is 5.02 Å². The summed E-state index contributed by atoms with van der Waals surface area (Å²) in [7, 11) is 0. The van der Waals surface area contributed by atoms with Gasteiger partial charge in [-0.05, 0) is 23.8 Å². The average molecular weight is 341 g/mol. The number of rotatable bonds is 4. The number of nitrogens with zero attached hydrogens (tertiary/aromatic N) is 1. The number of carbonyl (C=O) groups is 1. The Morgan fingerprint density at radius 3 is 2.67 bits per heavy atom. The highest BCUT2D eigenvalue weighted by Gasteiger charge is 2.21. The van der Waals surface area contributed by atoms with Crippen molar-refractivity contribution in [1.82, 2.24) is 10.3 Å². The van der Waals surface area contributed by atoms with Gasteiger partial charge in [0.2, 0.25) is 5.91 Å². The van der Waals surface area contributed by atoms with E-state index in [1.54, 1.807) is 25.3 Å². The van der Waals surface area contributed by atoms with Gasteiger partial charge in [-0.25, -0.2) is 0 Å². The molecule has 0 fully saturated rings. The largest absolute Gasteiger partial charge is 0.505 e. The average Bonchev–Trinajstić information content (AvgIpc) is 2.61. The smallest absolute Gasteiger partial charge is 0.220 e. The first-order valence-electron chi connectivity index (χ1n) is 7.71. The van der Waals surface area contributed by atoms with Crippen LogP contribution >= 0.6 is 11.6 Å². The van der Waals surface area contributed by atoms with Gasteiger partial charge in [0, 0.05) is 28.6 Å². The predicted octanol–water partition coefficient (Wildman–Crippen LogP) is 4.21. The molecule has 4 nitrogen and oxygen atoms in total. The van der Waals surface area contributed by atoms with Crippen LogP contribution in [0.5, 0.6) is 5.75 Å². The van der Waals surface area contributed by atoms with E-state index >= 15 is 0 Å². The molecule has 0 spiro atoms. The molecule has 0 unspecified atom stereocenters. The zero-order valence-corrected chi connectivity index (χ0v) is 13.9. The standard InChI is InChI=1S/C19H17ClN2O2/c1-2-16(23)22-17(13-5-8-14(20)9-6-13)15-10-7-12-4-3-11-21-18(12)19(15)24/h3-11,17,24H,2H2,1H3,(H,22,23)/t17-/m0/s1. The molecule has 5 heteroatoms. The third-order valence-electron chi connectivity index (χ3n) is 3.92. The van der Waals surface area contributed by atoms with Crippen molar-refractivity contribution in [3.8, 4) is 5.75 Å². The maximum atomic E-state index is 12.0. The minimum Gasteiger partial charge on any atom is -0.505 e. The summed E-state index contributed by atoms with van der Waals surface area (Å²) in [5, 5.41) is 15.1. The summed E-state index contributed by atoms with van der Waals surface area (Å²) in [5.74, 6) is -0.0279. The second-order valence-corrected chi connectivity index (χ2v) is 5.92. The van der Waals surface area contributed by atoms with Gasteiger partial charge in [0.15, 0.2) is 0 Å². The third-order valence-corrected chi connectivity index (χ3v) is 4.17. The van der Waals surface area contributed by atoms with Crippen LogP contribution in [0.3, 0.4) is 0 Å². The van der Waals surface area contributed by atoms with Gasteiger partial charge in [-0.1, -0.05) is 48.9 Å². The van der Waals surface area contributed by atoms with E-state index in [1.807, 2.05) is 36.4 Å². The van der Waals surface area contributed by atoms with Gasteiger partial charge in [0.1, 0.15) is 11.3 Å². The zero-order chi connectivity index (χ0) is 17.1. The number of nitrogens with one attached hydrogen (secondary N) is 1. The van der Waals surface area contributed by atoms with Crippen molar-refractivity contribution in [2.75, 3.05) is 0 Å². The maximum absolute atomic E-state index is 12.0. The first-order valence-corrected chi connectivity index (χ1v) is 8.09. The highest BCUT2D eigenvalue weighted by atomic mass is 35.5. The fourth-order valence-electron chi connectivity index (χ4n) is 2.64. The molecule has 0 aliphatic rings. The van der Waals surface area contributed by atoms with E-state index in [0.717, 1.165) is 10.9 Å². The van der Waals surface area contributed by atoms with Crippen molar-refractivity contribution < 1.29 is 9.90 Å². The topological polar surface area (TPSA) is 62.2 Å². The molecule has 122 valence electrons. The Balaban J connectivity index is 2.12. The number of amides is 1. The third kappa shape index (κ3) is 3.19. The van der Waals surface area contributed by atoms with E-state index in [-0.39, 0.29) is 11.7 Å². The first kappa shape index (κ1) is 16.3. The lowest BCUT2D eigenvalue weighted by Crippen LogP contribution is -2.28. The van der Waals surface area contributed by atoms with Gasteiger partial charge in [0.25, 0.3) is 0 Å². The summed E-state index contributed by atoms with van der Waals surface area (Å²) in [6.07, 6.45) is 1.99. The summed E-state index contributed by atoms with van der Waals surface area (Å²) < 4.78 is 0. The molecule has 0 saturated heterocycles. The van der Waals surface area contributed by atoms with Gasteiger partial charge < -0.3 is 10.4 Å². The summed E-state index contributed by atoms with van der Waals surface area (Å²) in [5.41, 5.74) is 1.96. The van der Waals surface area contributed by atoms with E-state index in [0.29, 0.717) is 22.5 Å². The summed E-state index contributed by atoms with van der Waals surface area (Å²) in [6, 6.07) is 14.1. The van der Waals surface area contributed by atoms with Crippen LogP contribution in [0.4, 0.5) is 0 Å². The van der Waals surface area contributed by atoms with Crippen molar-refractivity contribution in [3.63, 3.8) is 0 Å². The number of hydrogen-bond donors (Lipinski definition) is 2. The Hall–Kier alpha value is -2.59.